The Bertz CT molecular complexity index is 771. The first kappa shape index (κ1) is 13.9. The number of aromatic nitrogens is 3. The minimum Gasteiger partial charge on any atom is -0.341 e. The topological polar surface area (TPSA) is 22.8 Å². The Hall–Kier alpha value is -1.07. The van der Waals surface area contributed by atoms with Gasteiger partial charge in [-0.2, -0.15) is 5.10 Å². The van der Waals surface area contributed by atoms with Crippen LogP contribution in [0.15, 0.2) is 39.4 Å². The van der Waals surface area contributed by atoms with Gasteiger partial charge >= 0.3 is 0 Å². The summed E-state index contributed by atoms with van der Waals surface area (Å²) in [5.74, 6) is 0. The summed E-state index contributed by atoms with van der Waals surface area (Å²) in [4.78, 5) is 0. The summed E-state index contributed by atoms with van der Waals surface area (Å²) in [5, 5.41) is 5.79. The van der Waals surface area contributed by atoms with Crippen molar-refractivity contribution in [2.24, 2.45) is 7.05 Å². The third-order valence-electron chi connectivity index (χ3n) is 3.58. The molecular weight excluding hydrogens is 382 g/mol. The molecule has 0 radical (unpaired) electrons. The second kappa shape index (κ2) is 5.37. The molecule has 0 saturated carbocycles. The van der Waals surface area contributed by atoms with Crippen LogP contribution in [0.2, 0.25) is 0 Å². The van der Waals surface area contributed by atoms with E-state index < -0.39 is 0 Å². The summed E-state index contributed by atoms with van der Waals surface area (Å²) in [6.07, 6.45) is 3.06. The first-order valence-electron chi connectivity index (χ1n) is 6.55. The van der Waals surface area contributed by atoms with E-state index in [2.05, 4.69) is 78.9 Å². The van der Waals surface area contributed by atoms with Gasteiger partial charge in [0.25, 0.3) is 0 Å². The second-order valence-corrected chi connectivity index (χ2v) is 6.45. The molecule has 2 heterocycles. The number of fused-ring (bicyclic) bond motifs is 1. The molecule has 20 heavy (non-hydrogen) atoms. The maximum absolute atomic E-state index is 4.55. The number of nitrogens with zero attached hydrogens (tertiary/aromatic N) is 3. The van der Waals surface area contributed by atoms with E-state index in [9.17, 15) is 0 Å². The summed E-state index contributed by atoms with van der Waals surface area (Å²) in [5.41, 5.74) is 3.53. The fraction of sp³-hybridized carbons (Fsp3) is 0.267. The van der Waals surface area contributed by atoms with Crippen LogP contribution >= 0.6 is 31.9 Å². The molecule has 0 aliphatic rings. The molecule has 3 rings (SSSR count). The predicted octanol–water partition coefficient (Wildman–Crippen LogP) is 4.51. The van der Waals surface area contributed by atoms with Crippen LogP contribution in [0.25, 0.3) is 10.9 Å². The Labute approximate surface area is 134 Å². The third kappa shape index (κ3) is 2.23. The van der Waals surface area contributed by atoms with Crippen LogP contribution in [0, 0.1) is 0 Å². The molecule has 2 aromatic heterocycles. The lowest BCUT2D eigenvalue weighted by Crippen LogP contribution is -2.05. The van der Waals surface area contributed by atoms with Gasteiger partial charge in [0.05, 0.1) is 22.4 Å². The van der Waals surface area contributed by atoms with Crippen LogP contribution in [0.3, 0.4) is 0 Å². The Kier molecular flexibility index (Phi) is 3.73. The normalized spacial score (nSPS) is 11.4. The van der Waals surface area contributed by atoms with E-state index >= 15 is 0 Å². The zero-order chi connectivity index (χ0) is 14.3. The van der Waals surface area contributed by atoms with E-state index in [-0.39, 0.29) is 0 Å². The molecule has 0 aliphatic heterocycles. The summed E-state index contributed by atoms with van der Waals surface area (Å²) in [6, 6.07) is 8.43. The molecule has 0 saturated heterocycles. The smallest absolute Gasteiger partial charge is 0.0767 e. The van der Waals surface area contributed by atoms with Gasteiger partial charge in [-0.1, -0.05) is 28.9 Å². The monoisotopic (exact) mass is 395 g/mol. The molecule has 0 bridgehead atoms. The highest BCUT2D eigenvalue weighted by Crippen LogP contribution is 2.27. The lowest BCUT2D eigenvalue weighted by atomic mass is 10.2. The summed E-state index contributed by atoms with van der Waals surface area (Å²) < 4.78 is 6.47. The first-order chi connectivity index (χ1) is 9.61. The quantitative estimate of drug-likeness (QED) is 0.638. The zero-order valence-corrected chi connectivity index (χ0v) is 14.6. The van der Waals surface area contributed by atoms with E-state index in [4.69, 9.17) is 0 Å². The Morgan fingerprint density at radius 1 is 1.20 bits per heavy atom. The minimum absolute atomic E-state index is 0.810. The van der Waals surface area contributed by atoms with E-state index in [0.29, 0.717) is 0 Å². The van der Waals surface area contributed by atoms with Crippen LogP contribution in [-0.2, 0) is 20.0 Å². The summed E-state index contributed by atoms with van der Waals surface area (Å²) >= 11 is 7.28. The Balaban J connectivity index is 2.06. The van der Waals surface area contributed by atoms with Crippen molar-refractivity contribution < 1.29 is 0 Å². The van der Waals surface area contributed by atoms with Crippen molar-refractivity contribution in [2.45, 2.75) is 19.9 Å². The van der Waals surface area contributed by atoms with Crippen LogP contribution < -0.4 is 0 Å². The zero-order valence-electron chi connectivity index (χ0n) is 11.4. The number of hydrogen-bond acceptors (Lipinski definition) is 1. The van der Waals surface area contributed by atoms with Gasteiger partial charge < -0.3 is 4.57 Å². The van der Waals surface area contributed by atoms with E-state index in [1.807, 2.05) is 11.7 Å². The SMILES string of the molecule is CCc1nn(C)c(Cn2ccc3c(Br)cccc32)c1Br. The number of halogens is 2. The number of aryl methyl sites for hydroxylation is 2. The van der Waals surface area contributed by atoms with E-state index in [0.717, 1.165) is 27.6 Å². The number of rotatable bonds is 3. The van der Waals surface area contributed by atoms with Gasteiger partial charge in [-0.25, -0.2) is 0 Å². The molecule has 104 valence electrons. The van der Waals surface area contributed by atoms with Crippen molar-refractivity contribution in [3.63, 3.8) is 0 Å². The van der Waals surface area contributed by atoms with Crippen LogP contribution in [0.4, 0.5) is 0 Å². The van der Waals surface area contributed by atoms with Crippen LogP contribution in [0.5, 0.6) is 0 Å². The predicted molar refractivity (Wildman–Crippen MR) is 89.0 cm³/mol. The highest BCUT2D eigenvalue weighted by atomic mass is 79.9. The average Bonchev–Trinajstić information content (AvgIpc) is 2.96. The molecule has 0 N–H and O–H groups in total. The van der Waals surface area contributed by atoms with Crippen molar-refractivity contribution in [1.82, 2.24) is 14.3 Å². The molecule has 3 nitrogen and oxygen atoms in total. The van der Waals surface area contributed by atoms with Crippen molar-refractivity contribution in [1.29, 1.82) is 0 Å². The highest BCUT2D eigenvalue weighted by Gasteiger charge is 2.14. The molecule has 0 atom stereocenters. The van der Waals surface area contributed by atoms with Crippen molar-refractivity contribution >= 4 is 42.8 Å². The van der Waals surface area contributed by atoms with Crippen molar-refractivity contribution in [3.8, 4) is 0 Å². The van der Waals surface area contributed by atoms with E-state index in [1.165, 1.54) is 16.6 Å². The van der Waals surface area contributed by atoms with Crippen LogP contribution in [-0.4, -0.2) is 14.3 Å². The first-order valence-corrected chi connectivity index (χ1v) is 8.14. The maximum Gasteiger partial charge on any atom is 0.0767 e. The van der Waals surface area contributed by atoms with Gasteiger partial charge in [-0.05, 0) is 40.5 Å². The number of benzene rings is 1. The van der Waals surface area contributed by atoms with Gasteiger partial charge in [-0.3, -0.25) is 4.68 Å². The molecule has 0 unspecified atom stereocenters. The lowest BCUT2D eigenvalue weighted by molar-refractivity contribution is 0.668. The Morgan fingerprint density at radius 3 is 2.70 bits per heavy atom. The van der Waals surface area contributed by atoms with Crippen molar-refractivity contribution in [2.75, 3.05) is 0 Å². The highest BCUT2D eigenvalue weighted by molar-refractivity contribution is 9.11. The Morgan fingerprint density at radius 2 is 2.00 bits per heavy atom. The second-order valence-electron chi connectivity index (χ2n) is 4.80. The standard InChI is InChI=1S/C15H15Br2N3/c1-3-12-15(17)14(19(2)18-12)9-20-8-7-10-11(16)5-4-6-13(10)20/h4-8H,3,9H2,1-2H3. The lowest BCUT2D eigenvalue weighted by Gasteiger charge is -2.07. The van der Waals surface area contributed by atoms with Crippen molar-refractivity contribution in [3.05, 3.63) is 50.8 Å². The van der Waals surface area contributed by atoms with Gasteiger partial charge in [0.15, 0.2) is 0 Å². The average molecular weight is 397 g/mol. The fourth-order valence-electron chi connectivity index (χ4n) is 2.48. The molecule has 0 spiro atoms. The largest absolute Gasteiger partial charge is 0.341 e. The third-order valence-corrected chi connectivity index (χ3v) is 5.19. The maximum atomic E-state index is 4.55. The van der Waals surface area contributed by atoms with Crippen LogP contribution in [0.1, 0.15) is 18.3 Å². The van der Waals surface area contributed by atoms with Gasteiger partial charge in [0.2, 0.25) is 0 Å². The molecule has 3 aromatic rings. The molecule has 1 aromatic carbocycles. The molecule has 0 fully saturated rings. The molecule has 0 amide bonds. The fourth-order valence-corrected chi connectivity index (χ4v) is 3.71. The molecule has 0 aliphatic carbocycles. The number of hydrogen-bond donors (Lipinski definition) is 0. The summed E-state index contributed by atoms with van der Waals surface area (Å²) in [7, 11) is 2.00. The van der Waals surface area contributed by atoms with Gasteiger partial charge in [-0.15, -0.1) is 0 Å². The van der Waals surface area contributed by atoms with Gasteiger partial charge in [0, 0.05) is 28.6 Å². The van der Waals surface area contributed by atoms with Gasteiger partial charge in [0.1, 0.15) is 0 Å². The minimum atomic E-state index is 0.810. The molecule has 5 heteroatoms. The van der Waals surface area contributed by atoms with E-state index in [1.54, 1.807) is 0 Å². The summed E-state index contributed by atoms with van der Waals surface area (Å²) in [6.45, 7) is 2.93. The molecular formula is C15H15Br2N3.